The third-order valence-electron chi connectivity index (χ3n) is 5.61. The van der Waals surface area contributed by atoms with Crippen LogP contribution in [0.4, 0.5) is 0 Å². The Hall–Kier alpha value is -1.43. The van der Waals surface area contributed by atoms with Crippen molar-refractivity contribution in [3.05, 3.63) is 0 Å². The van der Waals surface area contributed by atoms with E-state index in [0.717, 1.165) is 45.1 Å². The number of ketones is 1. The van der Waals surface area contributed by atoms with Gasteiger partial charge in [0.25, 0.3) is 0 Å². The van der Waals surface area contributed by atoms with Crippen molar-refractivity contribution >= 4 is 17.6 Å². The number of nitrogens with zero attached hydrogens (tertiary/aromatic N) is 2. The lowest BCUT2D eigenvalue weighted by Gasteiger charge is -2.32. The molecule has 0 aromatic rings. The summed E-state index contributed by atoms with van der Waals surface area (Å²) in [5, 5.41) is 3.23. The van der Waals surface area contributed by atoms with Gasteiger partial charge in [0.05, 0.1) is 12.1 Å². The summed E-state index contributed by atoms with van der Waals surface area (Å²) >= 11 is 0. The van der Waals surface area contributed by atoms with Crippen molar-refractivity contribution < 1.29 is 14.4 Å². The molecule has 3 fully saturated rings. The average Bonchev–Trinajstić information content (AvgIpc) is 3.33. The third-order valence-corrected chi connectivity index (χ3v) is 5.61. The molecule has 0 aromatic carbocycles. The molecule has 3 atom stereocenters. The van der Waals surface area contributed by atoms with E-state index in [0.29, 0.717) is 13.1 Å². The van der Waals surface area contributed by atoms with Crippen LogP contribution in [-0.4, -0.2) is 65.2 Å². The van der Waals surface area contributed by atoms with Gasteiger partial charge in [0.15, 0.2) is 5.78 Å². The molecule has 24 heavy (non-hydrogen) atoms. The highest BCUT2D eigenvalue weighted by Gasteiger charge is 2.43. The van der Waals surface area contributed by atoms with Gasteiger partial charge in [0.2, 0.25) is 11.8 Å². The highest BCUT2D eigenvalue weighted by molar-refractivity contribution is 5.95. The molecule has 0 saturated carbocycles. The highest BCUT2D eigenvalue weighted by Crippen LogP contribution is 2.27. The monoisotopic (exact) mass is 335 g/mol. The molecule has 3 aliphatic rings. The van der Waals surface area contributed by atoms with E-state index in [4.69, 9.17) is 0 Å². The predicted octanol–water partition coefficient (Wildman–Crippen LogP) is 0.946. The maximum absolute atomic E-state index is 13.1. The predicted molar refractivity (Wildman–Crippen MR) is 90.3 cm³/mol. The first kappa shape index (κ1) is 17.4. The van der Waals surface area contributed by atoms with E-state index >= 15 is 0 Å². The zero-order chi connectivity index (χ0) is 17.3. The second kappa shape index (κ2) is 7.21. The van der Waals surface area contributed by atoms with Crippen molar-refractivity contribution in [2.45, 2.75) is 70.5 Å². The van der Waals surface area contributed by atoms with Crippen LogP contribution < -0.4 is 5.32 Å². The molecule has 3 unspecified atom stereocenters. The third kappa shape index (κ3) is 3.21. The minimum absolute atomic E-state index is 0.0182. The number of Topliss-reactive ketones (excluding diaryl/α,β-unsaturated/α-hetero) is 1. The summed E-state index contributed by atoms with van der Waals surface area (Å²) in [5.74, 6) is 0.131. The Bertz CT molecular complexity index is 514. The topological polar surface area (TPSA) is 69.7 Å². The molecule has 3 aliphatic heterocycles. The standard InChI is InChI=1S/C18H29N3O3/c1-12(2)16(22)14-7-4-10-20(14)18(24)15-8-5-11-21(15)17(23)13-6-3-9-19-13/h12-15,19H,3-11H2,1-2H3. The number of likely N-dealkylation sites (tertiary alicyclic amines) is 2. The first-order valence-corrected chi connectivity index (χ1v) is 9.38. The molecule has 134 valence electrons. The van der Waals surface area contributed by atoms with Crippen molar-refractivity contribution in [3.8, 4) is 0 Å². The number of amides is 2. The van der Waals surface area contributed by atoms with Crippen molar-refractivity contribution in [1.29, 1.82) is 0 Å². The van der Waals surface area contributed by atoms with Gasteiger partial charge in [-0.05, 0) is 45.1 Å². The lowest BCUT2D eigenvalue weighted by molar-refractivity contribution is -0.147. The fourth-order valence-corrected chi connectivity index (χ4v) is 4.29. The van der Waals surface area contributed by atoms with Crippen LogP contribution in [0.3, 0.4) is 0 Å². The van der Waals surface area contributed by atoms with E-state index in [9.17, 15) is 14.4 Å². The number of rotatable bonds is 4. The molecular formula is C18H29N3O3. The Morgan fingerprint density at radius 2 is 1.50 bits per heavy atom. The SMILES string of the molecule is CC(C)C(=O)C1CCCN1C(=O)C1CCCN1C(=O)C1CCCN1. The van der Waals surface area contributed by atoms with Crippen molar-refractivity contribution in [2.75, 3.05) is 19.6 Å². The minimum Gasteiger partial charge on any atom is -0.331 e. The van der Waals surface area contributed by atoms with Gasteiger partial charge >= 0.3 is 0 Å². The molecule has 3 saturated heterocycles. The van der Waals surface area contributed by atoms with E-state index in [1.165, 1.54) is 0 Å². The molecule has 1 N–H and O–H groups in total. The first-order chi connectivity index (χ1) is 11.5. The van der Waals surface area contributed by atoms with E-state index in [1.54, 1.807) is 9.80 Å². The van der Waals surface area contributed by atoms with Gasteiger partial charge in [-0.25, -0.2) is 0 Å². The molecular weight excluding hydrogens is 306 g/mol. The van der Waals surface area contributed by atoms with Crippen molar-refractivity contribution in [1.82, 2.24) is 15.1 Å². The van der Waals surface area contributed by atoms with Crippen LogP contribution >= 0.6 is 0 Å². The molecule has 3 heterocycles. The van der Waals surface area contributed by atoms with Crippen LogP contribution in [0.15, 0.2) is 0 Å². The maximum Gasteiger partial charge on any atom is 0.245 e. The van der Waals surface area contributed by atoms with Gasteiger partial charge in [0.1, 0.15) is 6.04 Å². The normalized spacial score (nSPS) is 30.4. The van der Waals surface area contributed by atoms with Crippen molar-refractivity contribution in [3.63, 3.8) is 0 Å². The molecule has 0 radical (unpaired) electrons. The molecule has 0 aromatic heterocycles. The van der Waals surface area contributed by atoms with Crippen LogP contribution in [0.5, 0.6) is 0 Å². The summed E-state index contributed by atoms with van der Waals surface area (Å²) in [7, 11) is 0. The van der Waals surface area contributed by atoms with Crippen LogP contribution in [0.25, 0.3) is 0 Å². The fraction of sp³-hybridized carbons (Fsp3) is 0.833. The number of carbonyl (C=O) groups is 3. The van der Waals surface area contributed by atoms with Crippen LogP contribution in [-0.2, 0) is 14.4 Å². The lowest BCUT2D eigenvalue weighted by atomic mass is 9.99. The highest BCUT2D eigenvalue weighted by atomic mass is 16.2. The van der Waals surface area contributed by atoms with Crippen molar-refractivity contribution in [2.24, 2.45) is 5.92 Å². The van der Waals surface area contributed by atoms with Crippen LogP contribution in [0, 0.1) is 5.92 Å². The largest absolute Gasteiger partial charge is 0.331 e. The quantitative estimate of drug-likeness (QED) is 0.830. The fourth-order valence-electron chi connectivity index (χ4n) is 4.29. The Morgan fingerprint density at radius 3 is 2.08 bits per heavy atom. The smallest absolute Gasteiger partial charge is 0.245 e. The first-order valence-electron chi connectivity index (χ1n) is 9.38. The number of hydrogen-bond donors (Lipinski definition) is 1. The van der Waals surface area contributed by atoms with Gasteiger partial charge in [0, 0.05) is 19.0 Å². The minimum atomic E-state index is -0.375. The second-order valence-corrected chi connectivity index (χ2v) is 7.59. The molecule has 0 bridgehead atoms. The molecule has 6 heteroatoms. The van der Waals surface area contributed by atoms with Crippen LogP contribution in [0.2, 0.25) is 0 Å². The van der Waals surface area contributed by atoms with E-state index < -0.39 is 0 Å². The second-order valence-electron chi connectivity index (χ2n) is 7.59. The Morgan fingerprint density at radius 1 is 0.875 bits per heavy atom. The summed E-state index contributed by atoms with van der Waals surface area (Å²) in [6.45, 7) is 5.95. The summed E-state index contributed by atoms with van der Waals surface area (Å²) in [6.07, 6.45) is 5.09. The van der Waals surface area contributed by atoms with Gasteiger partial charge in [-0.2, -0.15) is 0 Å². The van der Waals surface area contributed by atoms with Gasteiger partial charge < -0.3 is 15.1 Å². The molecule has 2 amide bonds. The van der Waals surface area contributed by atoms with Gasteiger partial charge in [-0.3, -0.25) is 14.4 Å². The average molecular weight is 335 g/mol. The Balaban J connectivity index is 1.70. The maximum atomic E-state index is 13.1. The van der Waals surface area contributed by atoms with E-state index in [-0.39, 0.29) is 41.6 Å². The molecule has 0 aliphatic carbocycles. The van der Waals surface area contributed by atoms with Gasteiger partial charge in [-0.15, -0.1) is 0 Å². The van der Waals surface area contributed by atoms with Gasteiger partial charge in [-0.1, -0.05) is 13.8 Å². The zero-order valence-corrected chi connectivity index (χ0v) is 14.8. The summed E-state index contributed by atoms with van der Waals surface area (Å²) in [6, 6.07) is -0.801. The molecule has 3 rings (SSSR count). The van der Waals surface area contributed by atoms with E-state index in [2.05, 4.69) is 5.32 Å². The number of hydrogen-bond acceptors (Lipinski definition) is 4. The van der Waals surface area contributed by atoms with E-state index in [1.807, 2.05) is 13.8 Å². The summed E-state index contributed by atoms with van der Waals surface area (Å²) in [5.41, 5.74) is 0. The Labute approximate surface area is 143 Å². The molecule has 0 spiro atoms. The Kier molecular flexibility index (Phi) is 5.23. The lowest BCUT2D eigenvalue weighted by Crippen LogP contribution is -2.54. The number of carbonyl (C=O) groups excluding carboxylic acids is 3. The zero-order valence-electron chi connectivity index (χ0n) is 14.8. The molecule has 6 nitrogen and oxygen atoms in total. The summed E-state index contributed by atoms with van der Waals surface area (Å²) in [4.78, 5) is 41.7. The number of nitrogens with one attached hydrogen (secondary N) is 1. The summed E-state index contributed by atoms with van der Waals surface area (Å²) < 4.78 is 0. The van der Waals surface area contributed by atoms with Crippen LogP contribution in [0.1, 0.15) is 52.4 Å².